The summed E-state index contributed by atoms with van der Waals surface area (Å²) >= 11 is 0. The number of benzene rings is 4. The van der Waals surface area contributed by atoms with Crippen LogP contribution in [-0.2, 0) is 11.0 Å². The van der Waals surface area contributed by atoms with Crippen molar-refractivity contribution < 1.29 is 41.8 Å². The summed E-state index contributed by atoms with van der Waals surface area (Å²) in [5.41, 5.74) is 0.928. The molecule has 42 heavy (non-hydrogen) atoms. The number of halogens is 5. The van der Waals surface area contributed by atoms with Crippen LogP contribution in [0.4, 0.5) is 39.0 Å². The number of phenols is 1. The minimum Gasteiger partial charge on any atom is -0.505 e. The van der Waals surface area contributed by atoms with E-state index in [9.17, 15) is 37.4 Å². The number of para-hydroxylation sites is 1. The Kier molecular flexibility index (Phi) is 6.93. The van der Waals surface area contributed by atoms with E-state index in [2.05, 4.69) is 10.5 Å². The first-order chi connectivity index (χ1) is 19.8. The number of carboxylic acids is 1. The fourth-order valence-corrected chi connectivity index (χ4v) is 4.77. The number of hydrazone groups is 1. The molecule has 3 N–H and O–H groups in total. The molecule has 0 atom stereocenters. The van der Waals surface area contributed by atoms with Crippen molar-refractivity contribution in [1.82, 2.24) is 0 Å². The van der Waals surface area contributed by atoms with Crippen LogP contribution in [0.1, 0.15) is 32.6 Å². The second kappa shape index (κ2) is 10.3. The lowest BCUT2D eigenvalue weighted by molar-refractivity contribution is -0.137. The van der Waals surface area contributed by atoms with E-state index in [4.69, 9.17) is 0 Å². The van der Waals surface area contributed by atoms with Gasteiger partial charge in [0.15, 0.2) is 5.71 Å². The molecule has 4 aromatic carbocycles. The summed E-state index contributed by atoms with van der Waals surface area (Å²) in [6, 6.07) is 13.3. The zero-order valence-corrected chi connectivity index (χ0v) is 21.8. The lowest BCUT2D eigenvalue weighted by atomic mass is 10.0. The van der Waals surface area contributed by atoms with Gasteiger partial charge in [0, 0.05) is 11.3 Å². The Morgan fingerprint density at radius 3 is 2.26 bits per heavy atom. The summed E-state index contributed by atoms with van der Waals surface area (Å²) in [6.45, 7) is 3.47. The molecule has 0 bridgehead atoms. The molecule has 0 unspecified atom stereocenters. The number of anilines is 3. The van der Waals surface area contributed by atoms with Gasteiger partial charge in [0.2, 0.25) is 0 Å². The van der Waals surface area contributed by atoms with E-state index >= 15 is 4.39 Å². The van der Waals surface area contributed by atoms with Gasteiger partial charge in [-0.2, -0.15) is 18.3 Å². The van der Waals surface area contributed by atoms with E-state index in [1.54, 1.807) is 32.0 Å². The molecule has 12 heteroatoms. The summed E-state index contributed by atoms with van der Waals surface area (Å²) in [4.78, 5) is 25.9. The van der Waals surface area contributed by atoms with Gasteiger partial charge in [-0.05, 0) is 73.0 Å². The van der Waals surface area contributed by atoms with Gasteiger partial charge < -0.3 is 10.2 Å². The Balaban J connectivity index is 1.61. The molecule has 214 valence electrons. The highest BCUT2D eigenvalue weighted by Crippen LogP contribution is 2.42. The second-order valence-electron chi connectivity index (χ2n) is 9.61. The first-order valence-corrected chi connectivity index (χ1v) is 12.3. The fraction of sp³-hybridized carbons (Fsp3) is 0.100. The second-order valence-corrected chi connectivity index (χ2v) is 9.61. The molecule has 1 heterocycles. The van der Waals surface area contributed by atoms with Gasteiger partial charge in [-0.1, -0.05) is 24.3 Å². The van der Waals surface area contributed by atoms with Gasteiger partial charge in [0.25, 0.3) is 5.91 Å². The van der Waals surface area contributed by atoms with E-state index < -0.39 is 57.8 Å². The predicted molar refractivity (Wildman–Crippen MR) is 145 cm³/mol. The van der Waals surface area contributed by atoms with E-state index in [1.807, 2.05) is 0 Å². The van der Waals surface area contributed by atoms with Crippen LogP contribution in [0.2, 0.25) is 0 Å². The van der Waals surface area contributed by atoms with E-state index in [0.29, 0.717) is 17.2 Å². The van der Waals surface area contributed by atoms with Crippen LogP contribution in [0.3, 0.4) is 0 Å². The number of alkyl halides is 3. The molecule has 0 saturated heterocycles. The standard InChI is InChI=1S/C30H20F5N3O4/c1-14-8-15(2)10-18(9-14)38-24-13-17(30(33,34)35)12-22(32)25(24)26(28(38)40)37-36-23-5-3-4-19(27(23)39)16-6-7-21(31)20(11-16)29(41)42/h3-13,36,39H,1-2H3,(H,41,42)/b37-26-. The summed E-state index contributed by atoms with van der Waals surface area (Å²) in [5.74, 6) is -5.20. The molecule has 5 rings (SSSR count). The smallest absolute Gasteiger partial charge is 0.416 e. The van der Waals surface area contributed by atoms with Crippen molar-refractivity contribution in [3.05, 3.63) is 106 Å². The van der Waals surface area contributed by atoms with Crippen LogP contribution in [0, 0.1) is 25.5 Å². The average molecular weight is 581 g/mol. The lowest BCUT2D eigenvalue weighted by Gasteiger charge is -2.19. The zero-order chi connectivity index (χ0) is 30.5. The molecule has 0 spiro atoms. The summed E-state index contributed by atoms with van der Waals surface area (Å²) < 4.78 is 69.9. The summed E-state index contributed by atoms with van der Waals surface area (Å²) in [5, 5.41) is 24.1. The van der Waals surface area contributed by atoms with E-state index in [1.165, 1.54) is 24.3 Å². The average Bonchev–Trinajstić information content (AvgIpc) is 3.18. The number of aromatic hydroxyl groups is 1. The van der Waals surface area contributed by atoms with Crippen molar-refractivity contribution in [2.75, 3.05) is 10.3 Å². The van der Waals surface area contributed by atoms with Crippen molar-refractivity contribution in [2.45, 2.75) is 20.0 Å². The number of nitrogens with one attached hydrogen (secondary N) is 1. The molecule has 4 aromatic rings. The lowest BCUT2D eigenvalue weighted by Crippen LogP contribution is -2.26. The van der Waals surface area contributed by atoms with E-state index in [-0.39, 0.29) is 34.3 Å². The molecule has 0 radical (unpaired) electrons. The number of hydrogen-bond acceptors (Lipinski definition) is 5. The van der Waals surface area contributed by atoms with Crippen LogP contribution in [-0.4, -0.2) is 27.8 Å². The molecule has 1 aliphatic rings. The van der Waals surface area contributed by atoms with Crippen LogP contribution in [0.25, 0.3) is 11.1 Å². The number of fused-ring (bicyclic) bond motifs is 1. The van der Waals surface area contributed by atoms with Gasteiger partial charge in [-0.15, -0.1) is 0 Å². The number of carbonyl (C=O) groups excluding carboxylic acids is 1. The maximum Gasteiger partial charge on any atom is 0.416 e. The normalized spacial score (nSPS) is 13.9. The largest absolute Gasteiger partial charge is 0.505 e. The molecule has 1 aliphatic heterocycles. The SMILES string of the molecule is Cc1cc(C)cc(N2C(=O)/C(=N\Nc3cccc(-c4ccc(F)c(C(=O)O)c4)c3O)c3c(F)cc(C(F)(F)F)cc32)c1. The molecular formula is C30H20F5N3O4. The first-order valence-electron chi connectivity index (χ1n) is 12.3. The van der Waals surface area contributed by atoms with Crippen molar-refractivity contribution in [3.63, 3.8) is 0 Å². The van der Waals surface area contributed by atoms with Crippen LogP contribution >= 0.6 is 0 Å². The first kappa shape index (κ1) is 28.3. The Hall–Kier alpha value is -5.26. The number of aromatic carboxylic acids is 1. The number of nitrogens with zero attached hydrogens (tertiary/aromatic N) is 2. The summed E-state index contributed by atoms with van der Waals surface area (Å²) in [6.07, 6.45) is -4.89. The Labute approximate surface area is 235 Å². The molecule has 1 amide bonds. The Morgan fingerprint density at radius 2 is 1.62 bits per heavy atom. The molecule has 0 fully saturated rings. The van der Waals surface area contributed by atoms with Crippen LogP contribution in [0.15, 0.2) is 71.8 Å². The number of carbonyl (C=O) groups is 2. The molecule has 0 aromatic heterocycles. The molecule has 7 nitrogen and oxygen atoms in total. The quantitative estimate of drug-likeness (QED) is 0.132. The maximum atomic E-state index is 15.3. The highest BCUT2D eigenvalue weighted by atomic mass is 19.4. The number of hydrogen-bond donors (Lipinski definition) is 3. The third-order valence-electron chi connectivity index (χ3n) is 6.58. The third-order valence-corrected chi connectivity index (χ3v) is 6.58. The number of rotatable bonds is 5. The van der Waals surface area contributed by atoms with Crippen molar-refractivity contribution >= 4 is 34.7 Å². The Morgan fingerprint density at radius 1 is 0.929 bits per heavy atom. The van der Waals surface area contributed by atoms with Gasteiger partial charge in [-0.3, -0.25) is 15.1 Å². The van der Waals surface area contributed by atoms with Gasteiger partial charge in [0.05, 0.1) is 28.1 Å². The van der Waals surface area contributed by atoms with Crippen LogP contribution < -0.4 is 10.3 Å². The van der Waals surface area contributed by atoms with Gasteiger partial charge in [-0.25, -0.2) is 13.6 Å². The topological polar surface area (TPSA) is 102 Å². The fourth-order valence-electron chi connectivity index (χ4n) is 4.77. The van der Waals surface area contributed by atoms with E-state index in [0.717, 1.165) is 17.0 Å². The number of aryl methyl sites for hydroxylation is 2. The van der Waals surface area contributed by atoms with Crippen LogP contribution in [0.5, 0.6) is 5.75 Å². The maximum absolute atomic E-state index is 15.3. The number of phenolic OH excluding ortho intramolecular Hbond substituents is 1. The van der Waals surface area contributed by atoms with Gasteiger partial charge >= 0.3 is 12.1 Å². The zero-order valence-electron chi connectivity index (χ0n) is 21.8. The molecule has 0 saturated carbocycles. The highest BCUT2D eigenvalue weighted by Gasteiger charge is 2.41. The highest BCUT2D eigenvalue weighted by molar-refractivity contribution is 6.55. The molecule has 0 aliphatic carbocycles. The number of carboxylic acid groups (broad SMARTS) is 1. The predicted octanol–water partition coefficient (Wildman–Crippen LogP) is 7.17. The molecular weight excluding hydrogens is 561 g/mol. The van der Waals surface area contributed by atoms with Crippen molar-refractivity contribution in [3.8, 4) is 16.9 Å². The minimum absolute atomic E-state index is 0.0821. The summed E-state index contributed by atoms with van der Waals surface area (Å²) in [7, 11) is 0. The monoisotopic (exact) mass is 581 g/mol. The Bertz CT molecular complexity index is 1800. The van der Waals surface area contributed by atoms with Crippen molar-refractivity contribution in [2.24, 2.45) is 5.10 Å². The number of amides is 1. The minimum atomic E-state index is -4.89. The van der Waals surface area contributed by atoms with Gasteiger partial charge in [0.1, 0.15) is 17.4 Å². The van der Waals surface area contributed by atoms with Crippen molar-refractivity contribution in [1.29, 1.82) is 0 Å². The third kappa shape index (κ3) is 5.02.